The predicted molar refractivity (Wildman–Crippen MR) is 154 cm³/mol. The number of halogens is 1. The van der Waals surface area contributed by atoms with Gasteiger partial charge in [0.2, 0.25) is 23.5 Å². The van der Waals surface area contributed by atoms with Crippen molar-refractivity contribution < 1.29 is 18.2 Å². The highest BCUT2D eigenvalue weighted by Gasteiger charge is 2.69. The largest absolute Gasteiger partial charge is 0.339 e. The zero-order valence-electron chi connectivity index (χ0n) is 24.9. The molecule has 0 spiro atoms. The van der Waals surface area contributed by atoms with Gasteiger partial charge >= 0.3 is 0 Å². The molecule has 42 heavy (non-hydrogen) atoms. The van der Waals surface area contributed by atoms with Crippen LogP contribution >= 0.6 is 0 Å². The Balaban J connectivity index is 1.05. The Hall–Kier alpha value is -3.10. The average Bonchev–Trinajstić information content (AvgIpc) is 3.35. The third-order valence-electron chi connectivity index (χ3n) is 11.6. The van der Waals surface area contributed by atoms with Crippen LogP contribution in [-0.2, 0) is 15.6 Å². The molecule has 1 amide bonds. The van der Waals surface area contributed by atoms with E-state index in [0.29, 0.717) is 43.9 Å². The average molecular weight is 574 g/mol. The Kier molecular flexibility index (Phi) is 5.51. The molecular weight excluding hydrogens is 533 g/mol. The van der Waals surface area contributed by atoms with E-state index in [0.717, 1.165) is 74.3 Å². The van der Waals surface area contributed by atoms with Crippen molar-refractivity contribution in [1.82, 2.24) is 20.3 Å². The summed E-state index contributed by atoms with van der Waals surface area (Å²) in [5.41, 5.74) is 0.522. The normalized spacial score (nSPS) is 33.7. The van der Waals surface area contributed by atoms with Gasteiger partial charge in [0.05, 0.1) is 0 Å². The number of alkyl halides is 1. The molecule has 0 unspecified atom stereocenters. The van der Waals surface area contributed by atoms with Crippen LogP contribution < -0.4 is 4.90 Å². The second kappa shape index (κ2) is 8.73. The fourth-order valence-corrected chi connectivity index (χ4v) is 8.43. The van der Waals surface area contributed by atoms with Gasteiger partial charge in [-0.05, 0) is 93.6 Å². The minimum atomic E-state index is -1.02. The van der Waals surface area contributed by atoms with Crippen molar-refractivity contribution in [3.63, 3.8) is 0 Å². The van der Waals surface area contributed by atoms with Crippen LogP contribution in [0, 0.1) is 10.8 Å². The Bertz CT molecular complexity index is 1510. The predicted octanol–water partition coefficient (Wildman–Crippen LogP) is 7.20. The monoisotopic (exact) mass is 573 g/mol. The number of nitrogens with zero attached hydrogens (tertiary/aromatic N) is 5. The van der Waals surface area contributed by atoms with Crippen LogP contribution in [0.2, 0.25) is 0 Å². The van der Waals surface area contributed by atoms with Crippen LogP contribution in [0.25, 0.3) is 11.4 Å². The number of benzene rings is 1. The number of fused-ring (bicyclic) bond motifs is 3. The first-order valence-corrected chi connectivity index (χ1v) is 15.8. The molecule has 1 aromatic carbocycles. The first-order valence-electron chi connectivity index (χ1n) is 15.8. The van der Waals surface area contributed by atoms with E-state index in [1.54, 1.807) is 0 Å². The molecule has 222 valence electrons. The van der Waals surface area contributed by atoms with Crippen molar-refractivity contribution >= 4 is 11.6 Å². The Morgan fingerprint density at radius 2 is 1.62 bits per heavy atom. The number of rotatable bonds is 9. The SMILES string of the molecule is CC(C)c1noc(C23CCC(CN(C(=O)CC45CC(F)(C4)C5)c4cccc(-c5noc(C6(C)CC6)n5)c4)(CC2)CC3)n1. The van der Waals surface area contributed by atoms with Crippen molar-refractivity contribution in [2.75, 3.05) is 11.4 Å². The van der Waals surface area contributed by atoms with Crippen molar-refractivity contribution in [1.29, 1.82) is 0 Å². The quantitative estimate of drug-likeness (QED) is 0.267. The summed E-state index contributed by atoms with van der Waals surface area (Å²) in [6.07, 6.45) is 10.1. The van der Waals surface area contributed by atoms with Crippen molar-refractivity contribution in [3.05, 3.63) is 41.9 Å². The Morgan fingerprint density at radius 3 is 2.24 bits per heavy atom. The van der Waals surface area contributed by atoms with Crippen LogP contribution in [0.1, 0.15) is 121 Å². The van der Waals surface area contributed by atoms with E-state index < -0.39 is 5.67 Å². The van der Waals surface area contributed by atoms with Gasteiger partial charge in [-0.1, -0.05) is 43.2 Å². The fourth-order valence-electron chi connectivity index (χ4n) is 8.43. The van der Waals surface area contributed by atoms with E-state index in [1.807, 2.05) is 29.2 Å². The maximum absolute atomic E-state index is 14.4. The van der Waals surface area contributed by atoms with Crippen LogP contribution in [0.15, 0.2) is 33.3 Å². The zero-order valence-corrected chi connectivity index (χ0v) is 24.9. The minimum absolute atomic E-state index is 0.00468. The smallest absolute Gasteiger partial charge is 0.232 e. The third kappa shape index (κ3) is 4.16. The van der Waals surface area contributed by atoms with Gasteiger partial charge in [0.15, 0.2) is 5.82 Å². The van der Waals surface area contributed by atoms with Gasteiger partial charge in [-0.15, -0.1) is 0 Å². The topological polar surface area (TPSA) is 98.2 Å². The maximum atomic E-state index is 14.4. The highest BCUT2D eigenvalue weighted by Crippen LogP contribution is 2.71. The number of carbonyl (C=O) groups is 1. The molecule has 0 saturated heterocycles. The molecule has 0 atom stereocenters. The number of anilines is 1. The summed E-state index contributed by atoms with van der Waals surface area (Å²) in [4.78, 5) is 25.6. The summed E-state index contributed by atoms with van der Waals surface area (Å²) in [5, 5.41) is 8.54. The van der Waals surface area contributed by atoms with Gasteiger partial charge in [-0.2, -0.15) is 9.97 Å². The molecule has 0 aliphatic heterocycles. The summed E-state index contributed by atoms with van der Waals surface area (Å²) in [7, 11) is 0. The van der Waals surface area contributed by atoms with Gasteiger partial charge in [-0.3, -0.25) is 4.79 Å². The molecule has 8 nitrogen and oxygen atoms in total. The van der Waals surface area contributed by atoms with Gasteiger partial charge in [0.1, 0.15) is 5.67 Å². The summed E-state index contributed by atoms with van der Waals surface area (Å²) in [5.74, 6) is 3.16. The number of amides is 1. The molecule has 2 aromatic heterocycles. The van der Waals surface area contributed by atoms with E-state index in [2.05, 4.69) is 31.1 Å². The van der Waals surface area contributed by atoms with Gasteiger partial charge < -0.3 is 13.9 Å². The minimum Gasteiger partial charge on any atom is -0.339 e. The van der Waals surface area contributed by atoms with Crippen molar-refractivity contribution in [3.8, 4) is 11.4 Å². The van der Waals surface area contributed by atoms with Gasteiger partial charge in [-0.25, -0.2) is 4.39 Å². The molecule has 0 N–H and O–H groups in total. The number of hydrogen-bond acceptors (Lipinski definition) is 7. The summed E-state index contributed by atoms with van der Waals surface area (Å²) < 4.78 is 25.8. The van der Waals surface area contributed by atoms with Crippen LogP contribution in [0.5, 0.6) is 0 Å². The van der Waals surface area contributed by atoms with E-state index >= 15 is 0 Å². The highest BCUT2D eigenvalue weighted by atomic mass is 19.1. The number of carbonyl (C=O) groups excluding carboxylic acids is 1. The summed E-state index contributed by atoms with van der Waals surface area (Å²) in [6.45, 7) is 6.99. The Morgan fingerprint density at radius 1 is 0.929 bits per heavy atom. The number of aromatic nitrogens is 4. The molecule has 7 fully saturated rings. The van der Waals surface area contributed by atoms with Crippen molar-refractivity contribution in [2.24, 2.45) is 10.8 Å². The lowest BCUT2D eigenvalue weighted by molar-refractivity contribution is -0.215. The van der Waals surface area contributed by atoms with Crippen LogP contribution in [0.4, 0.5) is 10.1 Å². The molecule has 4 bridgehead atoms. The Labute approximate surface area is 245 Å². The molecule has 7 aliphatic carbocycles. The molecule has 2 heterocycles. The number of hydrogen-bond donors (Lipinski definition) is 0. The summed E-state index contributed by atoms with van der Waals surface area (Å²) >= 11 is 0. The zero-order chi connectivity index (χ0) is 29.0. The standard InChI is InChI=1S/C33H40FN5O3/c1-21(2)25-35-28(42-37-25)32-12-9-30(10-13-32,11-14-32)20-39(24(40)16-31-17-33(34,18-31)19-31)23-6-4-5-22(15-23)26-36-27(41-38-26)29(3)7-8-29/h4-6,15,21H,7-14,16-20H2,1-3H3. The molecule has 7 saturated carbocycles. The lowest BCUT2D eigenvalue weighted by Gasteiger charge is -2.66. The molecular formula is C33H40FN5O3. The first-order chi connectivity index (χ1) is 20.0. The van der Waals surface area contributed by atoms with Crippen LogP contribution in [0.3, 0.4) is 0 Å². The fraction of sp³-hybridized carbons (Fsp3) is 0.667. The first kappa shape index (κ1) is 26.5. The molecule has 3 aromatic rings. The van der Waals surface area contributed by atoms with E-state index in [9.17, 15) is 9.18 Å². The van der Waals surface area contributed by atoms with Crippen molar-refractivity contribution in [2.45, 2.75) is 120 Å². The molecule has 10 rings (SSSR count). The molecule has 0 radical (unpaired) electrons. The molecule has 9 heteroatoms. The van der Waals surface area contributed by atoms with E-state index in [4.69, 9.17) is 19.0 Å². The second-order valence-corrected chi connectivity index (χ2v) is 15.3. The van der Waals surface area contributed by atoms with E-state index in [1.165, 1.54) is 0 Å². The third-order valence-corrected chi connectivity index (χ3v) is 11.6. The van der Waals surface area contributed by atoms with E-state index in [-0.39, 0.29) is 33.5 Å². The second-order valence-electron chi connectivity index (χ2n) is 15.3. The maximum Gasteiger partial charge on any atom is 0.232 e. The summed E-state index contributed by atoms with van der Waals surface area (Å²) in [6, 6.07) is 8.00. The van der Waals surface area contributed by atoms with Crippen LogP contribution in [-0.4, -0.2) is 38.4 Å². The highest BCUT2D eigenvalue weighted by molar-refractivity contribution is 5.94. The molecule has 7 aliphatic rings. The van der Waals surface area contributed by atoms with Gasteiger partial charge in [0.25, 0.3) is 0 Å². The lowest BCUT2D eigenvalue weighted by Crippen LogP contribution is -2.65. The van der Waals surface area contributed by atoms with Gasteiger partial charge in [0, 0.05) is 41.0 Å². The lowest BCUT2D eigenvalue weighted by atomic mass is 9.41.